The monoisotopic (exact) mass is 234 g/mol. The van der Waals surface area contributed by atoms with Crippen LogP contribution < -0.4 is 11.1 Å². The molecule has 92 valence electrons. The summed E-state index contributed by atoms with van der Waals surface area (Å²) >= 11 is 0. The van der Waals surface area contributed by atoms with E-state index in [9.17, 15) is 0 Å². The van der Waals surface area contributed by atoms with Gasteiger partial charge in [-0.1, -0.05) is 0 Å². The van der Waals surface area contributed by atoms with E-state index >= 15 is 0 Å². The van der Waals surface area contributed by atoms with Gasteiger partial charge in [0.1, 0.15) is 12.1 Å². The molecule has 1 aromatic heterocycles. The summed E-state index contributed by atoms with van der Waals surface area (Å²) in [6.07, 6.45) is 6.06. The van der Waals surface area contributed by atoms with Gasteiger partial charge in [-0.2, -0.15) is 0 Å². The number of aromatic nitrogens is 2. The zero-order valence-electron chi connectivity index (χ0n) is 9.85. The number of fused-ring (bicyclic) bond motifs is 1. The number of anilines is 1. The molecule has 0 unspecified atom stereocenters. The fourth-order valence-electron chi connectivity index (χ4n) is 2.56. The molecule has 1 aliphatic heterocycles. The van der Waals surface area contributed by atoms with Crippen molar-refractivity contribution in [3.8, 4) is 0 Å². The van der Waals surface area contributed by atoms with E-state index in [0.717, 1.165) is 42.8 Å². The third-order valence-electron chi connectivity index (χ3n) is 3.63. The lowest BCUT2D eigenvalue weighted by molar-refractivity contribution is 0.133. The molecule has 1 aromatic rings. The highest BCUT2D eigenvalue weighted by Gasteiger charge is 2.22. The van der Waals surface area contributed by atoms with Crippen molar-refractivity contribution in [2.24, 2.45) is 5.73 Å². The van der Waals surface area contributed by atoms with Crippen molar-refractivity contribution in [2.45, 2.75) is 51.0 Å². The minimum Gasteiger partial charge on any atom is -0.370 e. The van der Waals surface area contributed by atoms with Gasteiger partial charge in [-0.15, -0.1) is 0 Å². The van der Waals surface area contributed by atoms with Crippen LogP contribution >= 0.6 is 0 Å². The molecule has 0 spiro atoms. The highest BCUT2D eigenvalue weighted by atomic mass is 16.5. The van der Waals surface area contributed by atoms with Crippen LogP contribution in [0.3, 0.4) is 0 Å². The molecular weight excluding hydrogens is 216 g/mol. The normalized spacial score (nSPS) is 27.8. The van der Waals surface area contributed by atoms with Crippen molar-refractivity contribution in [1.29, 1.82) is 0 Å². The standard InChI is InChI=1S/C12H18N4O/c13-8-1-3-9(4-2-8)16-12-10-5-17-6-11(10)14-7-15-12/h7-9H,1-6,13H2,(H,14,15,16). The van der Waals surface area contributed by atoms with E-state index in [4.69, 9.17) is 10.5 Å². The molecule has 0 atom stereocenters. The zero-order valence-corrected chi connectivity index (χ0v) is 9.85. The second-order valence-corrected chi connectivity index (χ2v) is 4.90. The number of nitrogens with one attached hydrogen (secondary N) is 1. The Hall–Kier alpha value is -1.20. The maximum atomic E-state index is 5.91. The quantitative estimate of drug-likeness (QED) is 0.804. The molecule has 3 rings (SSSR count). The van der Waals surface area contributed by atoms with Crippen LogP contribution in [0.2, 0.25) is 0 Å². The number of nitrogens with two attached hydrogens (primary N) is 1. The summed E-state index contributed by atoms with van der Waals surface area (Å²) in [5.74, 6) is 0.952. The van der Waals surface area contributed by atoms with Crippen LogP contribution in [-0.2, 0) is 18.0 Å². The lowest BCUT2D eigenvalue weighted by atomic mass is 9.92. The maximum Gasteiger partial charge on any atom is 0.135 e. The minimum absolute atomic E-state index is 0.382. The number of hydrogen-bond donors (Lipinski definition) is 2. The van der Waals surface area contributed by atoms with Crippen LogP contribution in [0.4, 0.5) is 5.82 Å². The highest BCUT2D eigenvalue weighted by molar-refractivity contribution is 5.47. The number of ether oxygens (including phenoxy) is 1. The lowest BCUT2D eigenvalue weighted by Gasteiger charge is -2.27. The van der Waals surface area contributed by atoms with Crippen molar-refractivity contribution in [3.05, 3.63) is 17.6 Å². The summed E-state index contributed by atoms with van der Waals surface area (Å²) in [5.41, 5.74) is 8.06. The molecule has 0 aromatic carbocycles. The van der Waals surface area contributed by atoms with Gasteiger partial charge in [0, 0.05) is 17.6 Å². The van der Waals surface area contributed by atoms with E-state index < -0.39 is 0 Å². The summed E-state index contributed by atoms with van der Waals surface area (Å²) in [6, 6.07) is 0.877. The second kappa shape index (κ2) is 4.58. The molecule has 1 fully saturated rings. The maximum absolute atomic E-state index is 5.91. The zero-order chi connectivity index (χ0) is 11.7. The SMILES string of the molecule is NC1CCC(Nc2ncnc3c2COC3)CC1. The first-order valence-corrected chi connectivity index (χ1v) is 6.25. The first kappa shape index (κ1) is 10.9. The van der Waals surface area contributed by atoms with Crippen LogP contribution in [0.1, 0.15) is 36.9 Å². The van der Waals surface area contributed by atoms with Gasteiger partial charge in [0.25, 0.3) is 0 Å². The molecule has 0 amide bonds. The van der Waals surface area contributed by atoms with Gasteiger partial charge in [-0.05, 0) is 25.7 Å². The van der Waals surface area contributed by atoms with E-state index in [1.807, 2.05) is 0 Å². The van der Waals surface area contributed by atoms with Crippen molar-refractivity contribution in [3.63, 3.8) is 0 Å². The minimum atomic E-state index is 0.382. The smallest absolute Gasteiger partial charge is 0.135 e. The van der Waals surface area contributed by atoms with Crippen LogP contribution in [0.25, 0.3) is 0 Å². The number of hydrogen-bond acceptors (Lipinski definition) is 5. The molecule has 17 heavy (non-hydrogen) atoms. The number of rotatable bonds is 2. The summed E-state index contributed by atoms with van der Waals surface area (Å²) in [7, 11) is 0. The van der Waals surface area contributed by atoms with Gasteiger partial charge in [0.15, 0.2) is 0 Å². The summed E-state index contributed by atoms with van der Waals surface area (Å²) in [6.45, 7) is 1.24. The Labute approximate surface area is 101 Å². The van der Waals surface area contributed by atoms with E-state index in [0.29, 0.717) is 25.3 Å². The fourth-order valence-corrected chi connectivity index (χ4v) is 2.56. The van der Waals surface area contributed by atoms with E-state index in [-0.39, 0.29) is 0 Å². The molecule has 2 aliphatic rings. The largest absolute Gasteiger partial charge is 0.370 e. The van der Waals surface area contributed by atoms with Gasteiger partial charge >= 0.3 is 0 Å². The molecule has 2 heterocycles. The molecular formula is C12H18N4O. The molecule has 3 N–H and O–H groups in total. The van der Waals surface area contributed by atoms with Crippen molar-refractivity contribution < 1.29 is 4.74 Å². The van der Waals surface area contributed by atoms with E-state index in [2.05, 4.69) is 15.3 Å². The summed E-state index contributed by atoms with van der Waals surface area (Å²) < 4.78 is 5.40. The highest BCUT2D eigenvalue weighted by Crippen LogP contribution is 2.26. The van der Waals surface area contributed by atoms with Crippen LogP contribution in [0.15, 0.2) is 6.33 Å². The molecule has 5 heteroatoms. The van der Waals surface area contributed by atoms with E-state index in [1.165, 1.54) is 0 Å². The second-order valence-electron chi connectivity index (χ2n) is 4.90. The first-order valence-electron chi connectivity index (χ1n) is 6.25. The summed E-state index contributed by atoms with van der Waals surface area (Å²) in [4.78, 5) is 8.56. The molecule has 1 aliphatic carbocycles. The number of nitrogens with zero attached hydrogens (tertiary/aromatic N) is 2. The van der Waals surface area contributed by atoms with Gasteiger partial charge in [0.05, 0.1) is 18.9 Å². The van der Waals surface area contributed by atoms with Crippen LogP contribution in [0, 0.1) is 0 Å². The average molecular weight is 234 g/mol. The third-order valence-corrected chi connectivity index (χ3v) is 3.63. The first-order chi connectivity index (χ1) is 8.33. The topological polar surface area (TPSA) is 73.1 Å². The Morgan fingerprint density at radius 3 is 2.82 bits per heavy atom. The van der Waals surface area contributed by atoms with Gasteiger partial charge < -0.3 is 15.8 Å². The van der Waals surface area contributed by atoms with E-state index in [1.54, 1.807) is 6.33 Å². The van der Waals surface area contributed by atoms with Crippen LogP contribution in [-0.4, -0.2) is 22.1 Å². The summed E-state index contributed by atoms with van der Waals surface area (Å²) in [5, 5.41) is 3.52. The molecule has 0 radical (unpaired) electrons. The predicted octanol–water partition coefficient (Wildman–Crippen LogP) is 1.19. The Balaban J connectivity index is 1.71. The van der Waals surface area contributed by atoms with Crippen LogP contribution in [0.5, 0.6) is 0 Å². The molecule has 0 bridgehead atoms. The van der Waals surface area contributed by atoms with Crippen molar-refractivity contribution >= 4 is 5.82 Å². The molecule has 5 nitrogen and oxygen atoms in total. The van der Waals surface area contributed by atoms with Crippen molar-refractivity contribution in [1.82, 2.24) is 9.97 Å². The van der Waals surface area contributed by atoms with Gasteiger partial charge in [0.2, 0.25) is 0 Å². The Morgan fingerprint density at radius 2 is 2.00 bits per heavy atom. The Morgan fingerprint density at radius 1 is 1.18 bits per heavy atom. The van der Waals surface area contributed by atoms with Gasteiger partial charge in [-0.3, -0.25) is 0 Å². The van der Waals surface area contributed by atoms with Gasteiger partial charge in [-0.25, -0.2) is 9.97 Å². The fraction of sp³-hybridized carbons (Fsp3) is 0.667. The molecule has 1 saturated carbocycles. The Bertz CT molecular complexity index is 401. The predicted molar refractivity (Wildman–Crippen MR) is 64.4 cm³/mol. The Kier molecular flexibility index (Phi) is 2.94. The van der Waals surface area contributed by atoms with Crippen molar-refractivity contribution in [2.75, 3.05) is 5.32 Å². The average Bonchev–Trinajstić information content (AvgIpc) is 2.81. The molecule has 0 saturated heterocycles. The lowest BCUT2D eigenvalue weighted by Crippen LogP contribution is -2.33. The third kappa shape index (κ3) is 2.25.